The van der Waals surface area contributed by atoms with Crippen LogP contribution in [0.4, 0.5) is 4.39 Å². The van der Waals surface area contributed by atoms with Crippen LogP contribution in [0.25, 0.3) is 25.9 Å². The summed E-state index contributed by atoms with van der Waals surface area (Å²) in [5.41, 5.74) is 1.84. The zero-order chi connectivity index (χ0) is 12.1. The molecule has 3 nitrogen and oxygen atoms in total. The summed E-state index contributed by atoms with van der Waals surface area (Å²) in [5, 5.41) is 2.03. The molecule has 0 amide bonds. The Labute approximate surface area is 109 Å². The summed E-state index contributed by atoms with van der Waals surface area (Å²) < 4.78 is 15.0. The van der Waals surface area contributed by atoms with Crippen LogP contribution in [0.1, 0.15) is 0 Å². The standard InChI is InChI=1S/C12H6FN3S2/c13-10-4-3-8-11(15-10)18-12-14-7(6-16(8)12)9-2-1-5-17-9/h1-6H. The zero-order valence-electron chi connectivity index (χ0n) is 9.00. The van der Waals surface area contributed by atoms with Crippen LogP contribution in [0.15, 0.2) is 35.8 Å². The molecule has 0 aliphatic rings. The van der Waals surface area contributed by atoms with Gasteiger partial charge in [-0.25, -0.2) is 9.97 Å². The first kappa shape index (κ1) is 10.2. The monoisotopic (exact) mass is 275 g/mol. The topological polar surface area (TPSA) is 30.2 Å². The van der Waals surface area contributed by atoms with Gasteiger partial charge in [-0.1, -0.05) is 17.4 Å². The number of hydrogen-bond acceptors (Lipinski definition) is 4. The average molecular weight is 275 g/mol. The van der Waals surface area contributed by atoms with Gasteiger partial charge in [-0.3, -0.25) is 4.40 Å². The fourth-order valence-electron chi connectivity index (χ4n) is 1.91. The molecule has 0 atom stereocenters. The molecule has 0 unspecified atom stereocenters. The predicted octanol–water partition coefficient (Wildman–Crippen LogP) is 3.81. The van der Waals surface area contributed by atoms with Gasteiger partial charge in [-0.15, -0.1) is 11.3 Å². The number of thiophene rings is 1. The van der Waals surface area contributed by atoms with Crippen LogP contribution in [0, 0.1) is 5.95 Å². The van der Waals surface area contributed by atoms with Crippen LogP contribution >= 0.6 is 22.7 Å². The lowest BCUT2D eigenvalue weighted by Crippen LogP contribution is -1.82. The Kier molecular flexibility index (Phi) is 2.03. The summed E-state index contributed by atoms with van der Waals surface area (Å²) in [6, 6.07) is 7.15. The molecule has 0 bridgehead atoms. The quantitative estimate of drug-likeness (QED) is 0.494. The van der Waals surface area contributed by atoms with Crippen molar-refractivity contribution in [3.05, 3.63) is 41.8 Å². The molecule has 4 aromatic rings. The summed E-state index contributed by atoms with van der Waals surface area (Å²) in [7, 11) is 0. The van der Waals surface area contributed by atoms with E-state index in [1.54, 1.807) is 17.4 Å². The van der Waals surface area contributed by atoms with Gasteiger partial charge < -0.3 is 0 Å². The van der Waals surface area contributed by atoms with Crippen molar-refractivity contribution in [2.45, 2.75) is 0 Å². The van der Waals surface area contributed by atoms with Gasteiger partial charge in [0.25, 0.3) is 0 Å². The van der Waals surface area contributed by atoms with E-state index in [0.717, 1.165) is 21.0 Å². The summed E-state index contributed by atoms with van der Waals surface area (Å²) in [6.07, 6.45) is 1.97. The molecule has 6 heteroatoms. The minimum Gasteiger partial charge on any atom is -0.288 e. The minimum absolute atomic E-state index is 0.453. The number of halogens is 1. The number of hydrogen-bond donors (Lipinski definition) is 0. The number of rotatable bonds is 1. The second-order valence-corrected chi connectivity index (χ2v) is 5.72. The molecule has 0 aromatic carbocycles. The molecule has 88 valence electrons. The Morgan fingerprint density at radius 3 is 2.94 bits per heavy atom. The lowest BCUT2D eigenvalue weighted by Gasteiger charge is -1.90. The highest BCUT2D eigenvalue weighted by Gasteiger charge is 2.11. The van der Waals surface area contributed by atoms with Gasteiger partial charge in [0, 0.05) is 6.20 Å². The molecule has 4 aromatic heterocycles. The van der Waals surface area contributed by atoms with Gasteiger partial charge in [-0.05, 0) is 23.6 Å². The van der Waals surface area contributed by atoms with E-state index < -0.39 is 5.95 Å². The van der Waals surface area contributed by atoms with Gasteiger partial charge in [0.2, 0.25) is 5.95 Å². The molecule has 0 fully saturated rings. The largest absolute Gasteiger partial charge is 0.288 e. The Bertz CT molecular complexity index is 845. The van der Waals surface area contributed by atoms with Gasteiger partial charge in [0.05, 0.1) is 10.4 Å². The van der Waals surface area contributed by atoms with Crippen LogP contribution in [0.5, 0.6) is 0 Å². The second kappa shape index (κ2) is 3.60. The maximum absolute atomic E-state index is 13.0. The SMILES string of the molecule is Fc1ccc2c(n1)sc1nc(-c3cccs3)cn12. The first-order valence-corrected chi connectivity index (χ1v) is 6.99. The number of pyridine rings is 1. The Balaban J connectivity index is 2.02. The third-order valence-corrected chi connectivity index (χ3v) is 4.56. The molecule has 0 aliphatic carbocycles. The summed E-state index contributed by atoms with van der Waals surface area (Å²) in [5.74, 6) is -0.453. The fourth-order valence-corrected chi connectivity index (χ4v) is 3.56. The van der Waals surface area contributed by atoms with Crippen LogP contribution in [-0.2, 0) is 0 Å². The van der Waals surface area contributed by atoms with Gasteiger partial charge >= 0.3 is 0 Å². The minimum atomic E-state index is -0.453. The molecular formula is C12H6FN3S2. The molecule has 0 saturated heterocycles. The molecule has 18 heavy (non-hydrogen) atoms. The summed E-state index contributed by atoms with van der Waals surface area (Å²) in [4.78, 5) is 11.1. The molecule has 4 rings (SSSR count). The zero-order valence-corrected chi connectivity index (χ0v) is 10.6. The number of thiazole rings is 1. The van der Waals surface area contributed by atoms with E-state index in [4.69, 9.17) is 0 Å². The van der Waals surface area contributed by atoms with E-state index in [1.165, 1.54) is 17.4 Å². The molecule has 0 saturated carbocycles. The first-order valence-electron chi connectivity index (χ1n) is 5.29. The smallest absolute Gasteiger partial charge is 0.214 e. The summed E-state index contributed by atoms with van der Waals surface area (Å²) >= 11 is 3.05. The van der Waals surface area contributed by atoms with Crippen molar-refractivity contribution >= 4 is 38.0 Å². The number of aromatic nitrogens is 3. The van der Waals surface area contributed by atoms with Gasteiger partial charge in [-0.2, -0.15) is 4.39 Å². The highest BCUT2D eigenvalue weighted by Crippen LogP contribution is 2.30. The molecule has 0 spiro atoms. The van der Waals surface area contributed by atoms with Crippen molar-refractivity contribution in [3.63, 3.8) is 0 Å². The lowest BCUT2D eigenvalue weighted by molar-refractivity contribution is 0.589. The average Bonchev–Trinajstić information content (AvgIpc) is 3.01. The van der Waals surface area contributed by atoms with Crippen molar-refractivity contribution in [2.24, 2.45) is 0 Å². The van der Waals surface area contributed by atoms with Crippen molar-refractivity contribution in [2.75, 3.05) is 0 Å². The van der Waals surface area contributed by atoms with E-state index in [1.807, 2.05) is 28.1 Å². The Morgan fingerprint density at radius 1 is 1.17 bits per heavy atom. The van der Waals surface area contributed by atoms with Crippen molar-refractivity contribution < 1.29 is 4.39 Å². The Morgan fingerprint density at radius 2 is 2.11 bits per heavy atom. The number of imidazole rings is 1. The molecule has 0 N–H and O–H groups in total. The first-order chi connectivity index (χ1) is 8.81. The third-order valence-electron chi connectivity index (χ3n) is 2.70. The van der Waals surface area contributed by atoms with Crippen LogP contribution in [0.2, 0.25) is 0 Å². The highest BCUT2D eigenvalue weighted by molar-refractivity contribution is 7.23. The van der Waals surface area contributed by atoms with Gasteiger partial charge in [0.1, 0.15) is 10.5 Å². The van der Waals surface area contributed by atoms with Crippen molar-refractivity contribution in [1.82, 2.24) is 14.4 Å². The van der Waals surface area contributed by atoms with Crippen molar-refractivity contribution in [3.8, 4) is 10.6 Å². The Hall–Kier alpha value is -1.79. The van der Waals surface area contributed by atoms with Crippen LogP contribution in [-0.4, -0.2) is 14.4 Å². The van der Waals surface area contributed by atoms with Crippen LogP contribution in [0.3, 0.4) is 0 Å². The lowest BCUT2D eigenvalue weighted by atomic mass is 10.4. The van der Waals surface area contributed by atoms with E-state index in [9.17, 15) is 4.39 Å². The van der Waals surface area contributed by atoms with E-state index >= 15 is 0 Å². The number of nitrogens with zero attached hydrogens (tertiary/aromatic N) is 3. The van der Waals surface area contributed by atoms with E-state index in [0.29, 0.717) is 4.83 Å². The van der Waals surface area contributed by atoms with Crippen LogP contribution < -0.4 is 0 Å². The molecule has 0 radical (unpaired) electrons. The molecular weight excluding hydrogens is 269 g/mol. The third kappa shape index (κ3) is 1.39. The second-order valence-electron chi connectivity index (χ2n) is 3.82. The van der Waals surface area contributed by atoms with E-state index in [-0.39, 0.29) is 0 Å². The highest BCUT2D eigenvalue weighted by atomic mass is 32.1. The fraction of sp³-hybridized carbons (Fsp3) is 0. The molecule has 4 heterocycles. The predicted molar refractivity (Wildman–Crippen MR) is 71.6 cm³/mol. The normalized spacial score (nSPS) is 11.6. The van der Waals surface area contributed by atoms with Crippen molar-refractivity contribution in [1.29, 1.82) is 0 Å². The summed E-state index contributed by atoms with van der Waals surface area (Å²) in [6.45, 7) is 0. The molecule has 0 aliphatic heterocycles. The van der Waals surface area contributed by atoms with E-state index in [2.05, 4.69) is 9.97 Å². The van der Waals surface area contributed by atoms with Gasteiger partial charge in [0.15, 0.2) is 4.96 Å². The number of fused-ring (bicyclic) bond motifs is 3. The maximum Gasteiger partial charge on any atom is 0.214 e. The maximum atomic E-state index is 13.0.